The maximum Gasteiger partial charge on any atom is 0.242 e. The summed E-state index contributed by atoms with van der Waals surface area (Å²) in [7, 11) is -3.60. The second-order valence-corrected chi connectivity index (χ2v) is 6.92. The van der Waals surface area contributed by atoms with Crippen molar-refractivity contribution in [2.75, 3.05) is 12.3 Å². The third-order valence-electron chi connectivity index (χ3n) is 3.15. The summed E-state index contributed by atoms with van der Waals surface area (Å²) in [5.74, 6) is 0. The smallest absolute Gasteiger partial charge is 0.242 e. The summed E-state index contributed by atoms with van der Waals surface area (Å²) in [6.45, 7) is 4.48. The van der Waals surface area contributed by atoms with E-state index in [4.69, 9.17) is 17.3 Å². The molecule has 0 fully saturated rings. The fourth-order valence-corrected chi connectivity index (χ4v) is 3.56. The molecule has 1 aromatic carbocycles. The van der Waals surface area contributed by atoms with E-state index in [0.717, 1.165) is 31.2 Å². The molecular formula is C14H23ClN2O2S. The van der Waals surface area contributed by atoms with Gasteiger partial charge in [0, 0.05) is 6.54 Å². The molecule has 0 saturated carbocycles. The Bertz CT molecular complexity index is 544. The standard InChI is InChI=1S/C14H23ClN2O2S/c1-3-5-6-7-8-17-20(18,19)13-10-11(4-2)9-12(16)14(13)15/h9-10,17H,3-8,16H2,1-2H3. The summed E-state index contributed by atoms with van der Waals surface area (Å²) in [6.07, 6.45) is 4.78. The van der Waals surface area contributed by atoms with Crippen molar-refractivity contribution in [3.63, 3.8) is 0 Å². The van der Waals surface area contributed by atoms with Gasteiger partial charge in [0.2, 0.25) is 10.0 Å². The zero-order valence-corrected chi connectivity index (χ0v) is 13.6. The molecule has 0 heterocycles. The number of rotatable bonds is 8. The Labute approximate surface area is 126 Å². The predicted molar refractivity (Wildman–Crippen MR) is 84.6 cm³/mol. The third-order valence-corrected chi connectivity index (χ3v) is 5.17. The van der Waals surface area contributed by atoms with Crippen molar-refractivity contribution >= 4 is 27.3 Å². The number of aryl methyl sites for hydroxylation is 1. The molecule has 0 bridgehead atoms. The van der Waals surface area contributed by atoms with Crippen LogP contribution < -0.4 is 10.5 Å². The fraction of sp³-hybridized carbons (Fsp3) is 0.571. The van der Waals surface area contributed by atoms with Gasteiger partial charge in [-0.15, -0.1) is 0 Å². The van der Waals surface area contributed by atoms with Gasteiger partial charge in [-0.25, -0.2) is 13.1 Å². The van der Waals surface area contributed by atoms with Crippen LogP contribution in [-0.2, 0) is 16.4 Å². The van der Waals surface area contributed by atoms with Crippen LogP contribution in [0.4, 0.5) is 5.69 Å². The van der Waals surface area contributed by atoms with Crippen LogP contribution in [-0.4, -0.2) is 15.0 Å². The quantitative estimate of drug-likeness (QED) is 0.570. The van der Waals surface area contributed by atoms with Crippen LogP contribution in [0.5, 0.6) is 0 Å². The fourth-order valence-electron chi connectivity index (χ4n) is 1.91. The largest absolute Gasteiger partial charge is 0.397 e. The van der Waals surface area contributed by atoms with Crippen LogP contribution in [0.1, 0.15) is 45.1 Å². The molecule has 114 valence electrons. The molecule has 0 radical (unpaired) electrons. The molecule has 1 rings (SSSR count). The van der Waals surface area contributed by atoms with E-state index in [-0.39, 0.29) is 9.92 Å². The molecule has 0 aliphatic carbocycles. The van der Waals surface area contributed by atoms with Gasteiger partial charge in [0.05, 0.1) is 10.7 Å². The maximum absolute atomic E-state index is 12.3. The average molecular weight is 319 g/mol. The van der Waals surface area contributed by atoms with Crippen molar-refractivity contribution in [2.24, 2.45) is 0 Å². The summed E-state index contributed by atoms with van der Waals surface area (Å²) in [6, 6.07) is 3.30. The minimum Gasteiger partial charge on any atom is -0.397 e. The Morgan fingerprint density at radius 2 is 1.90 bits per heavy atom. The molecule has 0 aromatic heterocycles. The molecule has 0 aliphatic rings. The summed E-state index contributed by atoms with van der Waals surface area (Å²) in [4.78, 5) is 0.0755. The van der Waals surface area contributed by atoms with E-state index in [2.05, 4.69) is 11.6 Å². The summed E-state index contributed by atoms with van der Waals surface area (Å²) in [5.41, 5.74) is 6.93. The van der Waals surface area contributed by atoms with Crippen LogP contribution >= 0.6 is 11.6 Å². The van der Waals surface area contributed by atoms with Crippen molar-refractivity contribution in [1.82, 2.24) is 4.72 Å². The van der Waals surface area contributed by atoms with Gasteiger partial charge >= 0.3 is 0 Å². The predicted octanol–water partition coefficient (Wildman–Crippen LogP) is 3.34. The highest BCUT2D eigenvalue weighted by molar-refractivity contribution is 7.89. The van der Waals surface area contributed by atoms with Crippen molar-refractivity contribution in [1.29, 1.82) is 0 Å². The second-order valence-electron chi connectivity index (χ2n) is 4.81. The van der Waals surface area contributed by atoms with E-state index in [1.807, 2.05) is 6.92 Å². The van der Waals surface area contributed by atoms with Gasteiger partial charge in [0.15, 0.2) is 0 Å². The molecule has 0 saturated heterocycles. The van der Waals surface area contributed by atoms with Gasteiger partial charge in [-0.05, 0) is 30.5 Å². The van der Waals surface area contributed by atoms with Crippen molar-refractivity contribution in [3.05, 3.63) is 22.7 Å². The first-order chi connectivity index (χ1) is 9.42. The Morgan fingerprint density at radius 3 is 2.50 bits per heavy atom. The average Bonchev–Trinajstić information content (AvgIpc) is 2.41. The molecule has 0 aliphatic heterocycles. The van der Waals surface area contributed by atoms with Crippen molar-refractivity contribution in [3.8, 4) is 0 Å². The second kappa shape index (κ2) is 7.86. The highest BCUT2D eigenvalue weighted by atomic mass is 35.5. The molecule has 0 spiro atoms. The van der Waals surface area contributed by atoms with E-state index in [1.165, 1.54) is 0 Å². The molecule has 6 heteroatoms. The number of sulfonamides is 1. The van der Waals surface area contributed by atoms with E-state index < -0.39 is 10.0 Å². The molecule has 1 aromatic rings. The van der Waals surface area contributed by atoms with E-state index >= 15 is 0 Å². The SMILES string of the molecule is CCCCCCNS(=O)(=O)c1cc(CC)cc(N)c1Cl. The normalized spacial score (nSPS) is 11.8. The van der Waals surface area contributed by atoms with Crippen LogP contribution in [0.3, 0.4) is 0 Å². The zero-order chi connectivity index (χ0) is 15.2. The topological polar surface area (TPSA) is 72.2 Å². The number of anilines is 1. The number of benzene rings is 1. The third kappa shape index (κ3) is 4.65. The Balaban J connectivity index is 2.84. The highest BCUT2D eigenvalue weighted by Gasteiger charge is 2.19. The number of hydrogen-bond donors (Lipinski definition) is 2. The molecule has 0 amide bonds. The number of nitrogens with two attached hydrogens (primary N) is 1. The van der Waals surface area contributed by atoms with E-state index in [0.29, 0.717) is 18.7 Å². The monoisotopic (exact) mass is 318 g/mol. The Morgan fingerprint density at radius 1 is 1.20 bits per heavy atom. The summed E-state index contributed by atoms with van der Waals surface area (Å²) >= 11 is 6.03. The van der Waals surface area contributed by atoms with E-state index in [9.17, 15) is 8.42 Å². The molecule has 0 atom stereocenters. The Hall–Kier alpha value is -0.780. The first-order valence-corrected chi connectivity index (χ1v) is 8.86. The summed E-state index contributed by atoms with van der Waals surface area (Å²) in [5, 5.41) is 0.100. The number of nitrogen functional groups attached to an aromatic ring is 1. The number of unbranched alkanes of at least 4 members (excludes halogenated alkanes) is 3. The Kier molecular flexibility index (Phi) is 6.79. The molecule has 4 nitrogen and oxygen atoms in total. The van der Waals surface area contributed by atoms with Crippen LogP contribution in [0.15, 0.2) is 17.0 Å². The van der Waals surface area contributed by atoms with Gasteiger partial charge in [-0.3, -0.25) is 0 Å². The van der Waals surface area contributed by atoms with Crippen molar-refractivity contribution in [2.45, 2.75) is 50.8 Å². The first kappa shape index (κ1) is 17.3. The van der Waals surface area contributed by atoms with Gasteiger partial charge < -0.3 is 5.73 Å². The molecule has 0 unspecified atom stereocenters. The first-order valence-electron chi connectivity index (χ1n) is 7.00. The minimum absolute atomic E-state index is 0.0755. The van der Waals surface area contributed by atoms with Crippen LogP contribution in [0.25, 0.3) is 0 Å². The van der Waals surface area contributed by atoms with Crippen molar-refractivity contribution < 1.29 is 8.42 Å². The van der Waals surface area contributed by atoms with Gasteiger partial charge in [-0.1, -0.05) is 44.7 Å². The zero-order valence-electron chi connectivity index (χ0n) is 12.1. The number of halogens is 1. The van der Waals surface area contributed by atoms with Crippen LogP contribution in [0.2, 0.25) is 5.02 Å². The number of nitrogens with one attached hydrogen (secondary N) is 1. The lowest BCUT2D eigenvalue weighted by atomic mass is 10.1. The lowest BCUT2D eigenvalue weighted by molar-refractivity contribution is 0.573. The molecule has 20 heavy (non-hydrogen) atoms. The van der Waals surface area contributed by atoms with Gasteiger partial charge in [0.1, 0.15) is 4.90 Å². The minimum atomic E-state index is -3.60. The highest BCUT2D eigenvalue weighted by Crippen LogP contribution is 2.29. The lowest BCUT2D eigenvalue weighted by Crippen LogP contribution is -2.25. The van der Waals surface area contributed by atoms with Crippen LogP contribution in [0, 0.1) is 0 Å². The maximum atomic E-state index is 12.3. The van der Waals surface area contributed by atoms with Gasteiger partial charge in [0.25, 0.3) is 0 Å². The van der Waals surface area contributed by atoms with Gasteiger partial charge in [-0.2, -0.15) is 0 Å². The summed E-state index contributed by atoms with van der Waals surface area (Å²) < 4.78 is 27.1. The lowest BCUT2D eigenvalue weighted by Gasteiger charge is -2.11. The van der Waals surface area contributed by atoms with E-state index in [1.54, 1.807) is 12.1 Å². The molecule has 3 N–H and O–H groups in total. The number of hydrogen-bond acceptors (Lipinski definition) is 3. The molecular weight excluding hydrogens is 296 g/mol.